The van der Waals surface area contributed by atoms with E-state index in [0.717, 1.165) is 37.2 Å². The second-order valence-electron chi connectivity index (χ2n) is 3.84. The Hall–Kier alpha value is -1.32. The van der Waals surface area contributed by atoms with Gasteiger partial charge in [0.15, 0.2) is 6.29 Å². The molecule has 0 saturated heterocycles. The van der Waals surface area contributed by atoms with Crippen LogP contribution in [-0.4, -0.2) is 29.7 Å². The summed E-state index contributed by atoms with van der Waals surface area (Å²) in [7, 11) is 3.87. The van der Waals surface area contributed by atoms with Gasteiger partial charge in [0.05, 0.1) is 11.3 Å². The zero-order valence-electron chi connectivity index (χ0n) is 9.95. The molecular weight excluding hydrogens is 190 g/mol. The van der Waals surface area contributed by atoms with Gasteiger partial charge in [-0.2, -0.15) is 5.10 Å². The highest BCUT2D eigenvalue weighted by Gasteiger charge is 2.15. The molecule has 4 heteroatoms. The molecule has 1 rings (SSSR count). The number of aryl methyl sites for hydroxylation is 2. The number of nitrogens with zero attached hydrogens (tertiary/aromatic N) is 3. The van der Waals surface area contributed by atoms with Crippen LogP contribution < -0.4 is 4.90 Å². The van der Waals surface area contributed by atoms with Gasteiger partial charge in [-0.25, -0.2) is 0 Å². The largest absolute Gasteiger partial charge is 0.359 e. The van der Waals surface area contributed by atoms with Crippen LogP contribution in [0, 0.1) is 6.92 Å². The Morgan fingerprint density at radius 3 is 2.73 bits per heavy atom. The molecule has 1 heterocycles. The minimum atomic E-state index is 0.705. The summed E-state index contributed by atoms with van der Waals surface area (Å²) in [6.45, 7) is 4.97. The lowest BCUT2D eigenvalue weighted by Crippen LogP contribution is -2.22. The van der Waals surface area contributed by atoms with E-state index < -0.39 is 0 Å². The molecule has 1 aromatic heterocycles. The minimum Gasteiger partial charge on any atom is -0.359 e. The molecule has 0 spiro atoms. The lowest BCUT2D eigenvalue weighted by molar-refractivity contribution is 0.112. The molecule has 4 nitrogen and oxygen atoms in total. The van der Waals surface area contributed by atoms with Crippen LogP contribution in [-0.2, 0) is 7.05 Å². The van der Waals surface area contributed by atoms with E-state index >= 15 is 0 Å². The van der Waals surface area contributed by atoms with Crippen LogP contribution in [0.2, 0.25) is 0 Å². The zero-order chi connectivity index (χ0) is 11.4. The van der Waals surface area contributed by atoms with Gasteiger partial charge in [0, 0.05) is 20.6 Å². The molecule has 0 unspecified atom stereocenters. The Bertz CT molecular complexity index is 344. The zero-order valence-corrected chi connectivity index (χ0v) is 9.95. The smallest absolute Gasteiger partial charge is 0.155 e. The molecule has 84 valence electrons. The van der Waals surface area contributed by atoms with Crippen molar-refractivity contribution in [3.8, 4) is 0 Å². The number of unbranched alkanes of at least 4 members (excludes halogenated alkanes) is 1. The van der Waals surface area contributed by atoms with Gasteiger partial charge in [-0.15, -0.1) is 0 Å². The molecule has 15 heavy (non-hydrogen) atoms. The van der Waals surface area contributed by atoms with Gasteiger partial charge in [-0.1, -0.05) is 13.3 Å². The van der Waals surface area contributed by atoms with Gasteiger partial charge in [-0.05, 0) is 13.3 Å². The highest BCUT2D eigenvalue weighted by Crippen LogP contribution is 2.20. The summed E-state index contributed by atoms with van der Waals surface area (Å²) >= 11 is 0. The minimum absolute atomic E-state index is 0.705. The first kappa shape index (κ1) is 11.8. The third kappa shape index (κ3) is 2.37. The molecule has 0 saturated carbocycles. The fourth-order valence-corrected chi connectivity index (χ4v) is 1.75. The lowest BCUT2D eigenvalue weighted by atomic mass is 10.2. The van der Waals surface area contributed by atoms with Gasteiger partial charge < -0.3 is 4.90 Å². The van der Waals surface area contributed by atoms with Crippen LogP contribution in [0.25, 0.3) is 0 Å². The molecule has 0 N–H and O–H groups in total. The molecular formula is C11H19N3O. The molecule has 0 bridgehead atoms. The summed E-state index contributed by atoms with van der Waals surface area (Å²) in [6, 6.07) is 0. The standard InChI is InChI=1S/C11H19N3O/c1-5-6-7-13(3)11-10(8-15)9(2)12-14(11)4/h8H,5-7H2,1-4H3. The first-order valence-corrected chi connectivity index (χ1v) is 5.31. The Morgan fingerprint density at radius 2 is 2.20 bits per heavy atom. The summed E-state index contributed by atoms with van der Waals surface area (Å²) in [5.41, 5.74) is 1.50. The fourth-order valence-electron chi connectivity index (χ4n) is 1.75. The number of rotatable bonds is 5. The number of carbonyl (C=O) groups is 1. The van der Waals surface area contributed by atoms with Crippen LogP contribution >= 0.6 is 0 Å². The van der Waals surface area contributed by atoms with Crippen LogP contribution in [0.3, 0.4) is 0 Å². The van der Waals surface area contributed by atoms with Crippen LogP contribution in [0.5, 0.6) is 0 Å². The van der Waals surface area contributed by atoms with E-state index in [1.54, 1.807) is 4.68 Å². The second kappa shape index (κ2) is 4.96. The van der Waals surface area contributed by atoms with Crippen molar-refractivity contribution in [2.45, 2.75) is 26.7 Å². The van der Waals surface area contributed by atoms with Crippen LogP contribution in [0.15, 0.2) is 0 Å². The summed E-state index contributed by atoms with van der Waals surface area (Å²) < 4.78 is 1.77. The molecule has 0 aliphatic rings. The molecule has 1 aromatic rings. The van der Waals surface area contributed by atoms with E-state index in [-0.39, 0.29) is 0 Å². The summed E-state index contributed by atoms with van der Waals surface area (Å²) in [5, 5.41) is 4.25. The molecule has 0 aliphatic heterocycles. The maximum atomic E-state index is 11.0. The molecule has 0 aromatic carbocycles. The van der Waals surface area contributed by atoms with Crippen LogP contribution in [0.1, 0.15) is 35.8 Å². The second-order valence-corrected chi connectivity index (χ2v) is 3.84. The van der Waals surface area contributed by atoms with Gasteiger partial charge >= 0.3 is 0 Å². The van der Waals surface area contributed by atoms with Gasteiger partial charge in [0.1, 0.15) is 5.82 Å². The quantitative estimate of drug-likeness (QED) is 0.694. The van der Waals surface area contributed by atoms with Crippen molar-refractivity contribution in [1.29, 1.82) is 0 Å². The van der Waals surface area contributed by atoms with E-state index in [4.69, 9.17) is 0 Å². The number of carbonyl (C=O) groups excluding carboxylic acids is 1. The van der Waals surface area contributed by atoms with E-state index in [1.165, 1.54) is 0 Å². The third-order valence-electron chi connectivity index (χ3n) is 2.56. The Morgan fingerprint density at radius 1 is 1.53 bits per heavy atom. The van der Waals surface area contributed by atoms with Crippen molar-refractivity contribution >= 4 is 12.1 Å². The molecule has 0 amide bonds. The molecule has 0 fully saturated rings. The van der Waals surface area contributed by atoms with Crippen molar-refractivity contribution < 1.29 is 4.79 Å². The van der Waals surface area contributed by atoms with Crippen molar-refractivity contribution in [1.82, 2.24) is 9.78 Å². The number of hydrogen-bond acceptors (Lipinski definition) is 3. The van der Waals surface area contributed by atoms with Crippen molar-refractivity contribution in [2.24, 2.45) is 7.05 Å². The number of anilines is 1. The van der Waals surface area contributed by atoms with E-state index in [9.17, 15) is 4.79 Å². The first-order chi connectivity index (χ1) is 7.11. The van der Waals surface area contributed by atoms with Gasteiger partial charge in [-0.3, -0.25) is 9.48 Å². The lowest BCUT2D eigenvalue weighted by Gasteiger charge is -2.19. The topological polar surface area (TPSA) is 38.1 Å². The normalized spacial score (nSPS) is 10.4. The van der Waals surface area contributed by atoms with Crippen molar-refractivity contribution in [2.75, 3.05) is 18.5 Å². The van der Waals surface area contributed by atoms with Crippen molar-refractivity contribution in [3.05, 3.63) is 11.3 Å². The predicted octanol–water partition coefficient (Wildman–Crippen LogP) is 1.78. The fraction of sp³-hybridized carbons (Fsp3) is 0.636. The van der Waals surface area contributed by atoms with Gasteiger partial charge in [0.25, 0.3) is 0 Å². The Labute approximate surface area is 90.9 Å². The average molecular weight is 209 g/mol. The van der Waals surface area contributed by atoms with Crippen LogP contribution in [0.4, 0.5) is 5.82 Å². The number of aldehydes is 1. The highest BCUT2D eigenvalue weighted by molar-refractivity contribution is 5.84. The SMILES string of the molecule is CCCCN(C)c1c(C=O)c(C)nn1C. The third-order valence-corrected chi connectivity index (χ3v) is 2.56. The Balaban J connectivity index is 2.96. The maximum absolute atomic E-state index is 11.0. The monoisotopic (exact) mass is 209 g/mol. The number of hydrogen-bond donors (Lipinski definition) is 0. The Kier molecular flexibility index (Phi) is 3.88. The number of aromatic nitrogens is 2. The van der Waals surface area contributed by atoms with Crippen molar-refractivity contribution in [3.63, 3.8) is 0 Å². The highest BCUT2D eigenvalue weighted by atomic mass is 16.1. The summed E-state index contributed by atoms with van der Waals surface area (Å²) in [4.78, 5) is 13.1. The van der Waals surface area contributed by atoms with E-state index in [2.05, 4.69) is 16.9 Å². The maximum Gasteiger partial charge on any atom is 0.155 e. The predicted molar refractivity (Wildman–Crippen MR) is 61.5 cm³/mol. The summed E-state index contributed by atoms with van der Waals surface area (Å²) in [5.74, 6) is 0.913. The average Bonchev–Trinajstić information content (AvgIpc) is 2.49. The van der Waals surface area contributed by atoms with E-state index in [1.807, 2.05) is 21.0 Å². The first-order valence-electron chi connectivity index (χ1n) is 5.31. The summed E-state index contributed by atoms with van der Waals surface area (Å²) in [6.07, 6.45) is 3.16. The molecule has 0 atom stereocenters. The van der Waals surface area contributed by atoms with E-state index in [0.29, 0.717) is 5.56 Å². The molecule has 0 radical (unpaired) electrons. The van der Waals surface area contributed by atoms with Gasteiger partial charge in [0.2, 0.25) is 0 Å². The molecule has 0 aliphatic carbocycles.